The van der Waals surface area contributed by atoms with Crippen LogP contribution in [0, 0.1) is 0 Å². The summed E-state index contributed by atoms with van der Waals surface area (Å²) in [7, 11) is 0. The molecule has 0 spiro atoms. The van der Waals surface area contributed by atoms with Gasteiger partial charge in [0, 0.05) is 17.9 Å². The van der Waals surface area contributed by atoms with Gasteiger partial charge in [0.2, 0.25) is 6.08 Å². The first-order valence-corrected chi connectivity index (χ1v) is 4.96. The largest absolute Gasteiger partial charge is 0.361 e. The zero-order chi connectivity index (χ0) is 11.5. The summed E-state index contributed by atoms with van der Waals surface area (Å²) in [6.45, 7) is 8.02. The molecular formula is C11H16N2O2. The van der Waals surface area contributed by atoms with Crippen LogP contribution < -0.4 is 0 Å². The van der Waals surface area contributed by atoms with Gasteiger partial charge in [0.1, 0.15) is 5.76 Å². The molecule has 82 valence electrons. The van der Waals surface area contributed by atoms with E-state index in [1.165, 1.54) is 0 Å². The number of hydrogen-bond acceptors (Lipinski definition) is 4. The Hall–Kier alpha value is -1.41. The molecule has 1 rings (SSSR count). The van der Waals surface area contributed by atoms with Crippen LogP contribution in [0.3, 0.4) is 0 Å². The Balaban J connectivity index is 2.73. The van der Waals surface area contributed by atoms with Crippen LogP contribution in [0.25, 0.3) is 0 Å². The molecule has 1 heterocycles. The number of hydrogen-bond donors (Lipinski definition) is 0. The predicted molar refractivity (Wildman–Crippen MR) is 56.5 cm³/mol. The molecule has 0 saturated heterocycles. The summed E-state index contributed by atoms with van der Waals surface area (Å²) >= 11 is 0. The van der Waals surface area contributed by atoms with Gasteiger partial charge < -0.3 is 4.52 Å². The van der Waals surface area contributed by atoms with E-state index in [1.807, 2.05) is 13.0 Å². The average Bonchev–Trinajstić information content (AvgIpc) is 2.52. The molecule has 1 unspecified atom stereocenters. The lowest BCUT2D eigenvalue weighted by Gasteiger charge is -2.12. The summed E-state index contributed by atoms with van der Waals surface area (Å²) in [6.07, 6.45) is 2.15. The molecule has 0 fully saturated rings. The minimum absolute atomic E-state index is 0.0393. The van der Waals surface area contributed by atoms with E-state index in [0.717, 1.165) is 11.5 Å². The molecule has 0 N–H and O–H groups in total. The van der Waals surface area contributed by atoms with Crippen molar-refractivity contribution in [3.63, 3.8) is 0 Å². The lowest BCUT2D eigenvalue weighted by molar-refractivity contribution is 0.325. The molecule has 1 atom stereocenters. The van der Waals surface area contributed by atoms with Crippen molar-refractivity contribution in [2.24, 2.45) is 4.99 Å². The fraction of sp³-hybridized carbons (Fsp3) is 0.636. The van der Waals surface area contributed by atoms with Gasteiger partial charge >= 0.3 is 0 Å². The molecule has 1 aromatic rings. The van der Waals surface area contributed by atoms with E-state index in [0.29, 0.717) is 6.42 Å². The first kappa shape index (κ1) is 11.7. The van der Waals surface area contributed by atoms with Crippen LogP contribution in [0.15, 0.2) is 15.6 Å². The van der Waals surface area contributed by atoms with Crippen molar-refractivity contribution in [3.05, 3.63) is 17.5 Å². The maximum absolute atomic E-state index is 10.0. The Morgan fingerprint density at radius 3 is 2.73 bits per heavy atom. The van der Waals surface area contributed by atoms with Gasteiger partial charge in [-0.25, -0.2) is 9.79 Å². The highest BCUT2D eigenvalue weighted by Crippen LogP contribution is 2.23. The predicted octanol–water partition coefficient (Wildman–Crippen LogP) is 2.24. The van der Waals surface area contributed by atoms with Crippen LogP contribution in [0.1, 0.15) is 39.1 Å². The highest BCUT2D eigenvalue weighted by Gasteiger charge is 2.20. The fourth-order valence-electron chi connectivity index (χ4n) is 1.20. The molecule has 15 heavy (non-hydrogen) atoms. The Morgan fingerprint density at radius 1 is 1.60 bits per heavy atom. The van der Waals surface area contributed by atoms with Crippen LogP contribution >= 0.6 is 0 Å². The molecule has 0 saturated carbocycles. The zero-order valence-corrected chi connectivity index (χ0v) is 9.57. The Kier molecular flexibility index (Phi) is 3.43. The van der Waals surface area contributed by atoms with Crippen molar-refractivity contribution in [1.29, 1.82) is 0 Å². The molecule has 4 nitrogen and oxygen atoms in total. The molecule has 0 amide bonds. The molecule has 0 aliphatic rings. The first-order chi connectivity index (χ1) is 6.93. The lowest BCUT2D eigenvalue weighted by Crippen LogP contribution is -2.09. The quantitative estimate of drug-likeness (QED) is 0.565. The van der Waals surface area contributed by atoms with Crippen molar-refractivity contribution in [2.75, 3.05) is 0 Å². The van der Waals surface area contributed by atoms with E-state index in [1.54, 1.807) is 6.08 Å². The second-order valence-electron chi connectivity index (χ2n) is 4.71. The highest BCUT2D eigenvalue weighted by molar-refractivity contribution is 5.33. The molecule has 0 aliphatic carbocycles. The third kappa shape index (κ3) is 3.33. The van der Waals surface area contributed by atoms with E-state index in [9.17, 15) is 4.79 Å². The topological polar surface area (TPSA) is 55.5 Å². The summed E-state index contributed by atoms with van der Waals surface area (Å²) < 4.78 is 5.22. The molecule has 4 heteroatoms. The van der Waals surface area contributed by atoms with Crippen molar-refractivity contribution in [3.8, 4) is 0 Å². The Morgan fingerprint density at radius 2 is 2.27 bits per heavy atom. The smallest absolute Gasteiger partial charge is 0.235 e. The summed E-state index contributed by atoms with van der Waals surface area (Å²) in [5, 5.41) is 3.94. The van der Waals surface area contributed by atoms with Crippen molar-refractivity contribution in [2.45, 2.75) is 45.6 Å². The number of carbonyl (C=O) groups excluding carboxylic acids is 1. The molecular weight excluding hydrogens is 192 g/mol. The third-order valence-electron chi connectivity index (χ3n) is 2.08. The van der Waals surface area contributed by atoms with Crippen LogP contribution in [0.5, 0.6) is 0 Å². The van der Waals surface area contributed by atoms with Crippen molar-refractivity contribution < 1.29 is 9.32 Å². The van der Waals surface area contributed by atoms with E-state index in [4.69, 9.17) is 4.52 Å². The number of nitrogens with zero attached hydrogens (tertiary/aromatic N) is 2. The molecule has 0 aliphatic heterocycles. The number of rotatable bonds is 3. The van der Waals surface area contributed by atoms with Crippen LogP contribution in [-0.4, -0.2) is 17.3 Å². The third-order valence-corrected chi connectivity index (χ3v) is 2.08. The highest BCUT2D eigenvalue weighted by atomic mass is 16.5. The Bertz CT molecular complexity index is 370. The monoisotopic (exact) mass is 208 g/mol. The van der Waals surface area contributed by atoms with Crippen LogP contribution in [0.4, 0.5) is 0 Å². The van der Waals surface area contributed by atoms with Crippen molar-refractivity contribution in [1.82, 2.24) is 5.16 Å². The molecule has 0 bridgehead atoms. The normalized spacial score (nSPS) is 13.3. The second-order valence-corrected chi connectivity index (χ2v) is 4.71. The van der Waals surface area contributed by atoms with Gasteiger partial charge in [-0.2, -0.15) is 0 Å². The van der Waals surface area contributed by atoms with Gasteiger partial charge in [-0.1, -0.05) is 25.9 Å². The Labute approximate surface area is 89.4 Å². The first-order valence-electron chi connectivity index (χ1n) is 4.96. The maximum Gasteiger partial charge on any atom is 0.235 e. The number of aromatic nitrogens is 1. The summed E-state index contributed by atoms with van der Waals surface area (Å²) in [6, 6.07) is 1.82. The number of isocyanates is 1. The van der Waals surface area contributed by atoms with Gasteiger partial charge in [0.05, 0.1) is 11.7 Å². The van der Waals surface area contributed by atoms with E-state index in [2.05, 4.69) is 30.9 Å². The van der Waals surface area contributed by atoms with Gasteiger partial charge in [-0.3, -0.25) is 0 Å². The van der Waals surface area contributed by atoms with E-state index < -0.39 is 0 Å². The van der Waals surface area contributed by atoms with Crippen molar-refractivity contribution >= 4 is 6.08 Å². The van der Waals surface area contributed by atoms with Gasteiger partial charge in [0.15, 0.2) is 0 Å². The zero-order valence-electron chi connectivity index (χ0n) is 9.57. The van der Waals surface area contributed by atoms with Gasteiger partial charge in [-0.15, -0.1) is 0 Å². The summed E-state index contributed by atoms with van der Waals surface area (Å²) in [4.78, 5) is 13.6. The second kappa shape index (κ2) is 4.41. The maximum atomic E-state index is 10.0. The number of aliphatic imine (C=N–C) groups is 1. The standard InChI is InChI=1S/C11H16N2O2/c1-8(12-7-14)5-9-6-10(15-13-9)11(2,3)4/h6,8H,5H2,1-4H3. The SMILES string of the molecule is CC(Cc1cc(C(C)(C)C)on1)N=C=O. The minimum Gasteiger partial charge on any atom is -0.361 e. The fourth-order valence-corrected chi connectivity index (χ4v) is 1.20. The molecule has 0 radical (unpaired) electrons. The summed E-state index contributed by atoms with van der Waals surface area (Å²) in [5.74, 6) is 0.847. The molecule has 0 aromatic carbocycles. The minimum atomic E-state index is -0.0968. The summed E-state index contributed by atoms with van der Waals surface area (Å²) in [5.41, 5.74) is 0.786. The van der Waals surface area contributed by atoms with E-state index >= 15 is 0 Å². The van der Waals surface area contributed by atoms with E-state index in [-0.39, 0.29) is 11.5 Å². The average molecular weight is 208 g/mol. The lowest BCUT2D eigenvalue weighted by atomic mass is 9.93. The van der Waals surface area contributed by atoms with Gasteiger partial charge in [-0.05, 0) is 6.92 Å². The van der Waals surface area contributed by atoms with Gasteiger partial charge in [0.25, 0.3) is 0 Å². The van der Waals surface area contributed by atoms with Crippen LogP contribution in [-0.2, 0) is 16.6 Å². The molecule has 1 aromatic heterocycles. The van der Waals surface area contributed by atoms with Crippen LogP contribution in [0.2, 0.25) is 0 Å².